The lowest BCUT2D eigenvalue weighted by molar-refractivity contribution is -0.122. The molecule has 0 aliphatic heterocycles. The van der Waals surface area contributed by atoms with E-state index >= 15 is 0 Å². The molecule has 0 saturated carbocycles. The Hall–Kier alpha value is -0.940. The van der Waals surface area contributed by atoms with Crippen molar-refractivity contribution in [2.45, 2.75) is 53.1 Å². The average Bonchev–Trinajstić information content (AvgIpc) is 2.57. The van der Waals surface area contributed by atoms with Crippen molar-refractivity contribution in [1.82, 2.24) is 10.3 Å². The number of carbonyl (C=O) groups excluding carboxylic acids is 1. The molecule has 2 unspecified atom stereocenters. The van der Waals surface area contributed by atoms with Crippen molar-refractivity contribution < 1.29 is 4.79 Å². The number of aromatic nitrogens is 1. The zero-order valence-electron chi connectivity index (χ0n) is 11.8. The van der Waals surface area contributed by atoms with Gasteiger partial charge in [-0.3, -0.25) is 4.79 Å². The summed E-state index contributed by atoms with van der Waals surface area (Å²) in [5.41, 5.74) is 6.89. The second kappa shape index (κ2) is 6.29. The number of nitrogens with one attached hydrogen (secondary N) is 1. The smallest absolute Gasteiger partial charge is 0.222 e. The van der Waals surface area contributed by atoms with Crippen molar-refractivity contribution in [3.8, 4) is 0 Å². The third kappa shape index (κ3) is 4.07. The van der Waals surface area contributed by atoms with E-state index in [-0.39, 0.29) is 18.0 Å². The lowest BCUT2D eigenvalue weighted by atomic mass is 10.0. The number of nitrogens with zero attached hydrogens (tertiary/aromatic N) is 1. The molecule has 0 bridgehead atoms. The number of aryl methyl sites for hydroxylation is 2. The zero-order chi connectivity index (χ0) is 13.9. The molecular formula is C13H23N3OS. The minimum absolute atomic E-state index is 0.00284. The monoisotopic (exact) mass is 269 g/mol. The Bertz CT molecular complexity index is 414. The van der Waals surface area contributed by atoms with Crippen molar-refractivity contribution in [2.24, 2.45) is 11.7 Å². The van der Waals surface area contributed by atoms with Gasteiger partial charge in [0.05, 0.1) is 16.7 Å². The molecule has 1 heterocycles. The van der Waals surface area contributed by atoms with Gasteiger partial charge in [0, 0.05) is 17.3 Å². The molecule has 0 aliphatic rings. The Morgan fingerprint density at radius 2 is 2.00 bits per heavy atom. The lowest BCUT2D eigenvalue weighted by Gasteiger charge is -2.17. The number of thiazole rings is 1. The van der Waals surface area contributed by atoms with Crippen LogP contribution in [0.25, 0.3) is 0 Å². The molecule has 18 heavy (non-hydrogen) atoms. The van der Waals surface area contributed by atoms with E-state index in [0.29, 0.717) is 12.3 Å². The van der Waals surface area contributed by atoms with Gasteiger partial charge in [0.2, 0.25) is 5.91 Å². The van der Waals surface area contributed by atoms with E-state index in [1.165, 1.54) is 0 Å². The van der Waals surface area contributed by atoms with Gasteiger partial charge in [-0.05, 0) is 26.7 Å². The van der Waals surface area contributed by atoms with Gasteiger partial charge in [-0.1, -0.05) is 13.8 Å². The van der Waals surface area contributed by atoms with E-state index in [1.807, 2.05) is 34.6 Å². The maximum atomic E-state index is 11.9. The molecule has 1 amide bonds. The zero-order valence-corrected chi connectivity index (χ0v) is 12.6. The van der Waals surface area contributed by atoms with Gasteiger partial charge >= 0.3 is 0 Å². The third-order valence-electron chi connectivity index (χ3n) is 2.99. The molecule has 102 valence electrons. The maximum absolute atomic E-state index is 11.9. The van der Waals surface area contributed by atoms with Crippen LogP contribution in [0.2, 0.25) is 0 Å². The molecule has 0 spiro atoms. The van der Waals surface area contributed by atoms with Gasteiger partial charge in [0.15, 0.2) is 0 Å². The van der Waals surface area contributed by atoms with Crippen molar-refractivity contribution in [3.63, 3.8) is 0 Å². The van der Waals surface area contributed by atoms with E-state index in [0.717, 1.165) is 15.6 Å². The topological polar surface area (TPSA) is 68.0 Å². The van der Waals surface area contributed by atoms with Crippen molar-refractivity contribution in [1.29, 1.82) is 0 Å². The summed E-state index contributed by atoms with van der Waals surface area (Å²) in [6.07, 6.45) is 0.374. The van der Waals surface area contributed by atoms with Gasteiger partial charge in [-0.15, -0.1) is 11.3 Å². The predicted octanol–water partition coefficient (Wildman–Crippen LogP) is 2.31. The van der Waals surface area contributed by atoms with Crippen LogP contribution >= 0.6 is 11.3 Å². The van der Waals surface area contributed by atoms with Crippen LogP contribution in [-0.2, 0) is 4.79 Å². The fourth-order valence-corrected chi connectivity index (χ4v) is 2.69. The number of carbonyl (C=O) groups is 1. The summed E-state index contributed by atoms with van der Waals surface area (Å²) in [6, 6.07) is -0.0791. The average molecular weight is 269 g/mol. The largest absolute Gasteiger partial charge is 0.349 e. The van der Waals surface area contributed by atoms with Crippen molar-refractivity contribution >= 4 is 17.2 Å². The Morgan fingerprint density at radius 1 is 1.39 bits per heavy atom. The van der Waals surface area contributed by atoms with Crippen LogP contribution in [0.4, 0.5) is 0 Å². The molecular weight excluding hydrogens is 246 g/mol. The molecule has 3 N–H and O–H groups in total. The van der Waals surface area contributed by atoms with E-state index in [9.17, 15) is 4.79 Å². The summed E-state index contributed by atoms with van der Waals surface area (Å²) in [7, 11) is 0. The first-order chi connectivity index (χ1) is 8.31. The number of rotatable bonds is 5. The molecule has 0 aliphatic carbocycles. The molecule has 5 heteroatoms. The first kappa shape index (κ1) is 15.1. The number of hydrogen-bond acceptors (Lipinski definition) is 4. The van der Waals surface area contributed by atoms with Crippen LogP contribution in [0.1, 0.15) is 48.8 Å². The third-order valence-corrected chi connectivity index (χ3v) is 4.24. The second-order valence-corrected chi connectivity index (χ2v) is 6.32. The minimum atomic E-state index is -0.0820. The summed E-state index contributed by atoms with van der Waals surface area (Å²) in [5, 5.41) is 4.02. The highest BCUT2D eigenvalue weighted by molar-refractivity contribution is 7.11. The fourth-order valence-electron chi connectivity index (χ4n) is 1.76. The molecule has 0 aromatic carbocycles. The first-order valence-corrected chi connectivity index (χ1v) is 7.11. The Morgan fingerprint density at radius 3 is 2.44 bits per heavy atom. The SMILES string of the molecule is Cc1nc(C)c(C(C)NC(=O)CC(N)C(C)C)s1. The molecule has 0 fully saturated rings. The number of nitrogens with two attached hydrogens (primary N) is 1. The van der Waals surface area contributed by atoms with E-state index in [2.05, 4.69) is 10.3 Å². The molecule has 1 rings (SSSR count). The van der Waals surface area contributed by atoms with E-state index < -0.39 is 0 Å². The van der Waals surface area contributed by atoms with Crippen LogP contribution in [0.5, 0.6) is 0 Å². The van der Waals surface area contributed by atoms with Gasteiger partial charge in [0.1, 0.15) is 0 Å². The number of amides is 1. The summed E-state index contributed by atoms with van der Waals surface area (Å²) in [4.78, 5) is 17.3. The highest BCUT2D eigenvalue weighted by atomic mass is 32.1. The lowest BCUT2D eigenvalue weighted by Crippen LogP contribution is -2.35. The van der Waals surface area contributed by atoms with Gasteiger partial charge in [-0.2, -0.15) is 0 Å². The van der Waals surface area contributed by atoms with Crippen LogP contribution in [-0.4, -0.2) is 16.9 Å². The van der Waals surface area contributed by atoms with Gasteiger partial charge in [-0.25, -0.2) is 4.98 Å². The predicted molar refractivity (Wildman–Crippen MR) is 75.6 cm³/mol. The molecule has 4 nitrogen and oxygen atoms in total. The number of hydrogen-bond donors (Lipinski definition) is 2. The summed E-state index contributed by atoms with van der Waals surface area (Å²) < 4.78 is 0. The van der Waals surface area contributed by atoms with Gasteiger partial charge < -0.3 is 11.1 Å². The van der Waals surface area contributed by atoms with Crippen molar-refractivity contribution in [3.05, 3.63) is 15.6 Å². The minimum Gasteiger partial charge on any atom is -0.349 e. The Labute approximate surface area is 113 Å². The van der Waals surface area contributed by atoms with E-state index in [4.69, 9.17) is 5.73 Å². The second-order valence-electron chi connectivity index (χ2n) is 5.08. The molecule has 0 radical (unpaired) electrons. The molecule has 1 aromatic heterocycles. The Kier molecular flexibility index (Phi) is 5.28. The molecule has 2 atom stereocenters. The normalized spacial score (nSPS) is 14.6. The van der Waals surface area contributed by atoms with Gasteiger partial charge in [0.25, 0.3) is 0 Å². The molecule has 1 aromatic rings. The van der Waals surface area contributed by atoms with Crippen LogP contribution in [0.15, 0.2) is 0 Å². The summed E-state index contributed by atoms with van der Waals surface area (Å²) >= 11 is 1.63. The summed E-state index contributed by atoms with van der Waals surface area (Å²) in [6.45, 7) is 9.99. The van der Waals surface area contributed by atoms with E-state index in [1.54, 1.807) is 11.3 Å². The van der Waals surface area contributed by atoms with Crippen LogP contribution in [0, 0.1) is 19.8 Å². The van der Waals surface area contributed by atoms with Crippen molar-refractivity contribution in [2.75, 3.05) is 0 Å². The Balaban J connectivity index is 2.57. The van der Waals surface area contributed by atoms with Crippen LogP contribution in [0.3, 0.4) is 0 Å². The maximum Gasteiger partial charge on any atom is 0.222 e. The standard InChI is InChI=1S/C13H23N3OS/c1-7(2)11(14)6-12(17)16-9(4)13-8(3)15-10(5)18-13/h7,9,11H,6,14H2,1-5H3,(H,16,17). The highest BCUT2D eigenvalue weighted by Gasteiger charge is 2.18. The summed E-state index contributed by atoms with van der Waals surface area (Å²) in [5.74, 6) is 0.326. The first-order valence-electron chi connectivity index (χ1n) is 6.30. The fraction of sp³-hybridized carbons (Fsp3) is 0.692. The quantitative estimate of drug-likeness (QED) is 0.862. The van der Waals surface area contributed by atoms with Crippen LogP contribution < -0.4 is 11.1 Å². The molecule has 0 saturated heterocycles. The highest BCUT2D eigenvalue weighted by Crippen LogP contribution is 2.24.